The van der Waals surface area contributed by atoms with Gasteiger partial charge in [0.15, 0.2) is 0 Å². The molecule has 0 aromatic rings. The normalized spacial score (nSPS) is 10.2. The summed E-state index contributed by atoms with van der Waals surface area (Å²) in [5.41, 5.74) is 0.633. The minimum Gasteiger partial charge on any atom is -0.462 e. The zero-order chi connectivity index (χ0) is 12.9. The molecular formula is C15H18O2. The first-order chi connectivity index (χ1) is 8.22. The molecule has 0 fully saturated rings. The van der Waals surface area contributed by atoms with Gasteiger partial charge in [0.2, 0.25) is 0 Å². The number of ether oxygens (including phenoxy) is 1. The third-order valence-corrected chi connectivity index (χ3v) is 1.91. The Labute approximate surface area is 104 Å². The monoisotopic (exact) mass is 230 g/mol. The van der Waals surface area contributed by atoms with Crippen molar-refractivity contribution in [3.05, 3.63) is 23.8 Å². The van der Waals surface area contributed by atoms with E-state index in [0.717, 1.165) is 6.42 Å². The summed E-state index contributed by atoms with van der Waals surface area (Å²) >= 11 is 0. The number of allylic oxidation sites excluding steroid dienone is 3. The Morgan fingerprint density at radius 1 is 1.29 bits per heavy atom. The fraction of sp³-hybridized carbons (Fsp3) is 0.400. The highest BCUT2D eigenvalue weighted by molar-refractivity contribution is 5.87. The van der Waals surface area contributed by atoms with E-state index in [9.17, 15) is 4.79 Å². The maximum Gasteiger partial charge on any atom is 0.333 e. The van der Waals surface area contributed by atoms with Gasteiger partial charge in [-0.1, -0.05) is 24.0 Å². The Morgan fingerprint density at radius 2 is 2.06 bits per heavy atom. The van der Waals surface area contributed by atoms with Gasteiger partial charge in [-0.25, -0.2) is 4.79 Å². The minimum absolute atomic E-state index is 0.256. The zero-order valence-electron chi connectivity index (χ0n) is 10.7. The Bertz CT molecular complexity index is 406. The van der Waals surface area contributed by atoms with E-state index in [2.05, 4.69) is 23.7 Å². The van der Waals surface area contributed by atoms with E-state index < -0.39 is 0 Å². The van der Waals surface area contributed by atoms with Crippen molar-refractivity contribution in [2.45, 2.75) is 33.6 Å². The summed E-state index contributed by atoms with van der Waals surface area (Å²) < 4.78 is 5.02. The van der Waals surface area contributed by atoms with Crippen molar-refractivity contribution < 1.29 is 9.53 Å². The van der Waals surface area contributed by atoms with Gasteiger partial charge in [0, 0.05) is 12.0 Å². The first kappa shape index (κ1) is 15.1. The van der Waals surface area contributed by atoms with Crippen molar-refractivity contribution in [1.82, 2.24) is 0 Å². The van der Waals surface area contributed by atoms with E-state index in [1.165, 1.54) is 0 Å². The Kier molecular flexibility index (Phi) is 9.38. The molecule has 0 aromatic carbocycles. The van der Waals surface area contributed by atoms with Crippen LogP contribution in [0.3, 0.4) is 0 Å². The fourth-order valence-electron chi connectivity index (χ4n) is 0.825. The smallest absolute Gasteiger partial charge is 0.333 e. The van der Waals surface area contributed by atoms with Gasteiger partial charge in [0.1, 0.15) is 0 Å². The summed E-state index contributed by atoms with van der Waals surface area (Å²) in [7, 11) is 0. The van der Waals surface area contributed by atoms with E-state index in [0.29, 0.717) is 18.6 Å². The van der Waals surface area contributed by atoms with Crippen molar-refractivity contribution in [3.8, 4) is 23.7 Å². The SMILES string of the molecule is CC=CC#CC#CCCCOC(=O)C(C)=CC. The van der Waals surface area contributed by atoms with Crippen LogP contribution < -0.4 is 0 Å². The van der Waals surface area contributed by atoms with Crippen molar-refractivity contribution >= 4 is 5.97 Å². The highest BCUT2D eigenvalue weighted by atomic mass is 16.5. The lowest BCUT2D eigenvalue weighted by atomic mass is 10.3. The average Bonchev–Trinajstić information content (AvgIpc) is 2.35. The molecule has 0 aromatic heterocycles. The number of unbranched alkanes of at least 4 members (excludes halogenated alkanes) is 1. The summed E-state index contributed by atoms with van der Waals surface area (Å²) in [6.07, 6.45) is 6.76. The molecule has 2 heteroatoms. The molecule has 17 heavy (non-hydrogen) atoms. The lowest BCUT2D eigenvalue weighted by Crippen LogP contribution is -2.06. The molecule has 0 saturated heterocycles. The second-order valence-corrected chi connectivity index (χ2v) is 3.28. The van der Waals surface area contributed by atoms with Crippen LogP contribution in [0.2, 0.25) is 0 Å². The molecule has 2 nitrogen and oxygen atoms in total. The average molecular weight is 230 g/mol. The number of carbonyl (C=O) groups excluding carboxylic acids is 1. The topological polar surface area (TPSA) is 26.3 Å². The Balaban J connectivity index is 3.67. The molecule has 0 aliphatic carbocycles. The van der Waals surface area contributed by atoms with Gasteiger partial charge in [0.25, 0.3) is 0 Å². The number of esters is 1. The highest BCUT2D eigenvalue weighted by Gasteiger charge is 2.02. The van der Waals surface area contributed by atoms with Gasteiger partial charge < -0.3 is 4.74 Å². The molecule has 90 valence electrons. The van der Waals surface area contributed by atoms with Crippen molar-refractivity contribution in [2.24, 2.45) is 0 Å². The molecule has 0 aliphatic rings. The van der Waals surface area contributed by atoms with Crippen LogP contribution in [0.15, 0.2) is 23.8 Å². The van der Waals surface area contributed by atoms with Crippen LogP contribution in [0, 0.1) is 23.7 Å². The molecule has 0 bridgehead atoms. The fourth-order valence-corrected chi connectivity index (χ4v) is 0.825. The van der Waals surface area contributed by atoms with Gasteiger partial charge in [-0.05, 0) is 45.1 Å². The number of hydrogen-bond acceptors (Lipinski definition) is 2. The summed E-state index contributed by atoms with van der Waals surface area (Å²) in [5.74, 6) is 10.8. The van der Waals surface area contributed by atoms with E-state index in [4.69, 9.17) is 4.74 Å². The molecule has 0 spiro atoms. The molecule has 0 amide bonds. The van der Waals surface area contributed by atoms with Crippen molar-refractivity contribution in [2.75, 3.05) is 6.61 Å². The van der Waals surface area contributed by atoms with E-state index in [1.807, 2.05) is 19.9 Å². The first-order valence-electron chi connectivity index (χ1n) is 5.62. The van der Waals surface area contributed by atoms with Crippen molar-refractivity contribution in [3.63, 3.8) is 0 Å². The quantitative estimate of drug-likeness (QED) is 0.321. The molecule has 0 rings (SSSR count). The second-order valence-electron chi connectivity index (χ2n) is 3.28. The van der Waals surface area contributed by atoms with Crippen LogP contribution >= 0.6 is 0 Å². The summed E-state index contributed by atoms with van der Waals surface area (Å²) in [4.78, 5) is 11.2. The van der Waals surface area contributed by atoms with Crippen LogP contribution in [0.4, 0.5) is 0 Å². The second kappa shape index (κ2) is 10.6. The standard InChI is InChI=1S/C15H18O2/c1-4-6-7-8-9-10-11-12-13-17-15(16)14(3)5-2/h4-6H,11-13H2,1-3H3. The van der Waals surface area contributed by atoms with Crippen LogP contribution in [-0.4, -0.2) is 12.6 Å². The van der Waals surface area contributed by atoms with Gasteiger partial charge in [-0.2, -0.15) is 0 Å². The van der Waals surface area contributed by atoms with Crippen LogP contribution in [0.5, 0.6) is 0 Å². The number of rotatable bonds is 4. The van der Waals surface area contributed by atoms with Gasteiger partial charge >= 0.3 is 5.97 Å². The molecule has 0 heterocycles. The zero-order valence-corrected chi connectivity index (χ0v) is 10.7. The predicted octanol–water partition coefficient (Wildman–Crippen LogP) is 2.86. The lowest BCUT2D eigenvalue weighted by molar-refractivity contribution is -0.139. The Morgan fingerprint density at radius 3 is 2.71 bits per heavy atom. The van der Waals surface area contributed by atoms with E-state index in [1.54, 1.807) is 19.1 Å². The van der Waals surface area contributed by atoms with Crippen molar-refractivity contribution in [1.29, 1.82) is 0 Å². The molecule has 0 N–H and O–H groups in total. The number of hydrogen-bond donors (Lipinski definition) is 0. The molecule has 0 atom stereocenters. The van der Waals surface area contributed by atoms with Gasteiger partial charge in [-0.15, -0.1) is 0 Å². The van der Waals surface area contributed by atoms with E-state index >= 15 is 0 Å². The maximum absolute atomic E-state index is 11.2. The lowest BCUT2D eigenvalue weighted by Gasteiger charge is -2.02. The first-order valence-corrected chi connectivity index (χ1v) is 5.62. The minimum atomic E-state index is -0.256. The van der Waals surface area contributed by atoms with Crippen LogP contribution in [0.25, 0.3) is 0 Å². The molecular weight excluding hydrogens is 212 g/mol. The largest absolute Gasteiger partial charge is 0.462 e. The predicted molar refractivity (Wildman–Crippen MR) is 70.0 cm³/mol. The summed E-state index contributed by atoms with van der Waals surface area (Å²) in [6, 6.07) is 0. The van der Waals surface area contributed by atoms with E-state index in [-0.39, 0.29) is 5.97 Å². The third-order valence-electron chi connectivity index (χ3n) is 1.91. The van der Waals surface area contributed by atoms with Crippen LogP contribution in [0.1, 0.15) is 33.6 Å². The number of carbonyl (C=O) groups is 1. The summed E-state index contributed by atoms with van der Waals surface area (Å²) in [5, 5.41) is 0. The molecule has 0 unspecified atom stereocenters. The Hall–Kier alpha value is -1.93. The molecule has 0 aliphatic heterocycles. The maximum atomic E-state index is 11.2. The molecule has 0 saturated carbocycles. The third kappa shape index (κ3) is 9.03. The van der Waals surface area contributed by atoms with Crippen LogP contribution in [-0.2, 0) is 9.53 Å². The highest BCUT2D eigenvalue weighted by Crippen LogP contribution is 1.97. The molecule has 0 radical (unpaired) electrons. The van der Waals surface area contributed by atoms with Gasteiger partial charge in [-0.3, -0.25) is 0 Å². The van der Waals surface area contributed by atoms with Gasteiger partial charge in [0.05, 0.1) is 6.61 Å². The summed E-state index contributed by atoms with van der Waals surface area (Å²) in [6.45, 7) is 5.86.